The molecule has 0 saturated carbocycles. The van der Waals surface area contributed by atoms with Crippen LogP contribution < -0.4 is 5.73 Å². The van der Waals surface area contributed by atoms with Crippen molar-refractivity contribution in [2.45, 2.75) is 76.7 Å². The Morgan fingerprint density at radius 3 is 1.95 bits per heavy atom. The number of carboxylic acids is 1. The van der Waals surface area contributed by atoms with Crippen molar-refractivity contribution in [3.05, 3.63) is 0 Å². The number of nitrogens with zero attached hydrogens (tertiary/aromatic N) is 1. The average Bonchev–Trinajstić information content (AvgIpc) is 2.51. The number of imide groups is 1. The van der Waals surface area contributed by atoms with Crippen LogP contribution in [0.4, 0.5) is 0 Å². The van der Waals surface area contributed by atoms with Crippen LogP contribution in [0.1, 0.15) is 70.6 Å². The molecule has 6 heteroatoms. The lowest BCUT2D eigenvalue weighted by molar-refractivity contribution is -0.158. The highest BCUT2D eigenvalue weighted by Gasteiger charge is 2.33. The van der Waals surface area contributed by atoms with Gasteiger partial charge in [0.05, 0.1) is 0 Å². The van der Waals surface area contributed by atoms with E-state index >= 15 is 0 Å². The molecule has 0 radical (unpaired) electrons. The highest BCUT2D eigenvalue weighted by Crippen LogP contribution is 2.18. The molecule has 1 fully saturated rings. The average molecular weight is 312 g/mol. The van der Waals surface area contributed by atoms with E-state index in [9.17, 15) is 19.5 Å². The molecule has 0 spiro atoms. The second kappa shape index (κ2) is 10.3. The summed E-state index contributed by atoms with van der Waals surface area (Å²) in [5.41, 5.74) is 5.43. The van der Waals surface area contributed by atoms with Gasteiger partial charge in [-0.2, -0.15) is 0 Å². The third-order valence-electron chi connectivity index (χ3n) is 4.10. The van der Waals surface area contributed by atoms with Crippen LogP contribution in [-0.4, -0.2) is 40.4 Å². The van der Waals surface area contributed by atoms with Crippen LogP contribution in [0.2, 0.25) is 0 Å². The summed E-state index contributed by atoms with van der Waals surface area (Å²) in [6.07, 6.45) is 7.58. The first-order chi connectivity index (χ1) is 10.6. The first-order valence-electron chi connectivity index (χ1n) is 8.35. The van der Waals surface area contributed by atoms with Crippen molar-refractivity contribution in [3.63, 3.8) is 0 Å². The maximum atomic E-state index is 12.4. The zero-order valence-corrected chi connectivity index (χ0v) is 13.3. The number of amides is 2. The Hall–Kier alpha value is -1.43. The maximum absolute atomic E-state index is 12.4. The van der Waals surface area contributed by atoms with E-state index in [1.54, 1.807) is 0 Å². The van der Waals surface area contributed by atoms with Crippen molar-refractivity contribution in [1.29, 1.82) is 0 Å². The number of rotatable bonds is 6. The van der Waals surface area contributed by atoms with E-state index in [0.29, 0.717) is 19.4 Å². The molecule has 6 nitrogen and oxygen atoms in total. The molecule has 0 aromatic carbocycles. The molecule has 2 amide bonds. The molecule has 126 valence electrons. The summed E-state index contributed by atoms with van der Waals surface area (Å²) in [6, 6.07) is -1.05. The zero-order chi connectivity index (χ0) is 16.4. The quantitative estimate of drug-likeness (QED) is 0.577. The monoisotopic (exact) mass is 312 g/mol. The Kier molecular flexibility index (Phi) is 8.74. The van der Waals surface area contributed by atoms with Crippen molar-refractivity contribution in [1.82, 2.24) is 4.90 Å². The minimum Gasteiger partial charge on any atom is -0.480 e. The predicted molar refractivity (Wildman–Crippen MR) is 83.1 cm³/mol. The summed E-state index contributed by atoms with van der Waals surface area (Å²) in [5, 5.41) is 9.43. The van der Waals surface area contributed by atoms with Crippen molar-refractivity contribution in [2.24, 2.45) is 5.73 Å². The first kappa shape index (κ1) is 18.6. The topological polar surface area (TPSA) is 101 Å². The van der Waals surface area contributed by atoms with E-state index in [2.05, 4.69) is 0 Å². The summed E-state index contributed by atoms with van der Waals surface area (Å²) >= 11 is 0. The number of unbranched alkanes of at least 4 members (excludes halogenated alkanes) is 1. The van der Waals surface area contributed by atoms with Crippen LogP contribution in [0, 0.1) is 0 Å². The predicted octanol–water partition coefficient (Wildman–Crippen LogP) is 2.06. The number of hydrogen-bond donors (Lipinski definition) is 2. The Bertz CT molecular complexity index is 362. The van der Waals surface area contributed by atoms with E-state index < -0.39 is 12.0 Å². The van der Waals surface area contributed by atoms with E-state index in [4.69, 9.17) is 5.73 Å². The fourth-order valence-electron chi connectivity index (χ4n) is 2.83. The van der Waals surface area contributed by atoms with E-state index in [-0.39, 0.29) is 31.1 Å². The number of carbonyl (C=O) groups excluding carboxylic acids is 2. The van der Waals surface area contributed by atoms with Crippen LogP contribution in [0.5, 0.6) is 0 Å². The van der Waals surface area contributed by atoms with Gasteiger partial charge in [0.1, 0.15) is 6.04 Å². The van der Waals surface area contributed by atoms with Crippen LogP contribution >= 0.6 is 0 Å². The molecule has 1 heterocycles. The number of hydrogen-bond acceptors (Lipinski definition) is 4. The van der Waals surface area contributed by atoms with Crippen molar-refractivity contribution in [3.8, 4) is 0 Å². The summed E-state index contributed by atoms with van der Waals surface area (Å²) in [6.45, 7) is 0.480. The molecule has 1 atom stereocenters. The Morgan fingerprint density at radius 2 is 1.50 bits per heavy atom. The summed E-state index contributed by atoms with van der Waals surface area (Å²) < 4.78 is 0. The lowest BCUT2D eigenvalue weighted by Gasteiger charge is -2.27. The standard InChI is InChI=1S/C16H28N2O4/c17-12-8-7-9-13(16(21)22)18-14(19)10-5-3-1-2-4-6-11-15(18)20/h13H,1-12,17H2,(H,21,22)/t13-/m0/s1. The molecule has 0 unspecified atom stereocenters. The molecule has 0 bridgehead atoms. The van der Waals surface area contributed by atoms with Gasteiger partial charge in [0.25, 0.3) is 0 Å². The molecule has 0 aliphatic carbocycles. The van der Waals surface area contributed by atoms with Crippen molar-refractivity contribution < 1.29 is 19.5 Å². The SMILES string of the molecule is NCCCC[C@@H](C(=O)O)N1C(=O)CCCCCCCCC1=O. The first-order valence-corrected chi connectivity index (χ1v) is 8.35. The molecule has 1 aliphatic heterocycles. The number of carbonyl (C=O) groups is 3. The van der Waals surface area contributed by atoms with E-state index in [0.717, 1.165) is 43.4 Å². The Balaban J connectivity index is 2.84. The van der Waals surface area contributed by atoms with Gasteiger partial charge < -0.3 is 10.8 Å². The van der Waals surface area contributed by atoms with Gasteiger partial charge in [0.15, 0.2) is 0 Å². The number of aliphatic carboxylic acids is 1. The maximum Gasteiger partial charge on any atom is 0.326 e. The van der Waals surface area contributed by atoms with Gasteiger partial charge >= 0.3 is 5.97 Å². The number of nitrogens with two attached hydrogens (primary N) is 1. The molecule has 0 aromatic heterocycles. The minimum absolute atomic E-state index is 0.256. The van der Waals surface area contributed by atoms with Gasteiger partial charge in [-0.05, 0) is 38.6 Å². The number of carboxylic acid groups (broad SMARTS) is 1. The van der Waals surface area contributed by atoms with Gasteiger partial charge in [0.2, 0.25) is 11.8 Å². The van der Waals surface area contributed by atoms with Crippen LogP contribution in [0.25, 0.3) is 0 Å². The molecule has 1 aliphatic rings. The zero-order valence-electron chi connectivity index (χ0n) is 13.3. The molecular weight excluding hydrogens is 284 g/mol. The van der Waals surface area contributed by atoms with Crippen LogP contribution in [0.3, 0.4) is 0 Å². The third-order valence-corrected chi connectivity index (χ3v) is 4.10. The third kappa shape index (κ3) is 6.13. The molecule has 22 heavy (non-hydrogen) atoms. The lowest BCUT2D eigenvalue weighted by Crippen LogP contribution is -2.48. The molecule has 0 aromatic rings. The smallest absolute Gasteiger partial charge is 0.326 e. The van der Waals surface area contributed by atoms with Gasteiger partial charge in [-0.3, -0.25) is 14.5 Å². The molecule has 1 saturated heterocycles. The molecular formula is C16H28N2O4. The Labute approximate surface area is 132 Å². The van der Waals surface area contributed by atoms with Gasteiger partial charge in [-0.15, -0.1) is 0 Å². The summed E-state index contributed by atoms with van der Waals surface area (Å²) in [4.78, 5) is 37.2. The Morgan fingerprint density at radius 1 is 1.00 bits per heavy atom. The van der Waals surface area contributed by atoms with Crippen molar-refractivity contribution in [2.75, 3.05) is 6.54 Å². The minimum atomic E-state index is -1.10. The van der Waals surface area contributed by atoms with E-state index in [1.165, 1.54) is 0 Å². The fourth-order valence-corrected chi connectivity index (χ4v) is 2.83. The summed E-state index contributed by atoms with van der Waals surface area (Å²) in [5.74, 6) is -1.78. The second-order valence-corrected chi connectivity index (χ2v) is 5.92. The van der Waals surface area contributed by atoms with Crippen LogP contribution in [-0.2, 0) is 14.4 Å². The normalized spacial score (nSPS) is 19.6. The van der Waals surface area contributed by atoms with Crippen LogP contribution in [0.15, 0.2) is 0 Å². The van der Waals surface area contributed by atoms with Gasteiger partial charge in [0, 0.05) is 12.8 Å². The highest BCUT2D eigenvalue weighted by atomic mass is 16.4. The summed E-state index contributed by atoms with van der Waals surface area (Å²) in [7, 11) is 0. The highest BCUT2D eigenvalue weighted by molar-refractivity contribution is 5.99. The fraction of sp³-hybridized carbons (Fsp3) is 0.812. The second-order valence-electron chi connectivity index (χ2n) is 5.92. The van der Waals surface area contributed by atoms with E-state index in [1.807, 2.05) is 0 Å². The lowest BCUT2D eigenvalue weighted by atomic mass is 10.1. The molecule has 3 N–H and O–H groups in total. The largest absolute Gasteiger partial charge is 0.480 e. The van der Waals surface area contributed by atoms with Crippen molar-refractivity contribution >= 4 is 17.8 Å². The van der Waals surface area contributed by atoms with Gasteiger partial charge in [-0.25, -0.2) is 4.79 Å². The molecule has 1 rings (SSSR count). The van der Waals surface area contributed by atoms with Gasteiger partial charge in [-0.1, -0.05) is 25.7 Å².